The number of hydrogen-bond donors (Lipinski definition) is 2. The van der Waals surface area contributed by atoms with Gasteiger partial charge in [0.05, 0.1) is 22.8 Å². The molecule has 0 saturated heterocycles. The van der Waals surface area contributed by atoms with Crippen LogP contribution in [0.15, 0.2) is 172 Å². The first-order valence-electron chi connectivity index (χ1n) is 21.5. The van der Waals surface area contributed by atoms with E-state index in [1.807, 2.05) is 0 Å². The minimum Gasteiger partial charge on any atom is -0.355 e. The van der Waals surface area contributed by atoms with Gasteiger partial charge in [-0.15, -0.1) is 26.3 Å². The molecule has 4 aliphatic rings. The number of H-pyrrole nitrogens is 2. The van der Waals surface area contributed by atoms with Crippen LogP contribution in [0.1, 0.15) is 70.7 Å². The summed E-state index contributed by atoms with van der Waals surface area (Å²) in [5.74, 6) is 0. The molecule has 0 saturated carbocycles. The number of nitrogens with zero attached hydrogens (tertiary/aromatic N) is 2. The fraction of sp³-hybridized carbons (Fsp3) is 0.103. The fourth-order valence-electron chi connectivity index (χ4n) is 11.2. The van der Waals surface area contributed by atoms with Gasteiger partial charge in [0.25, 0.3) is 0 Å². The van der Waals surface area contributed by atoms with Crippen molar-refractivity contribution in [2.45, 2.75) is 36.5 Å². The highest BCUT2D eigenvalue weighted by Crippen LogP contribution is 2.58. The molecule has 0 spiro atoms. The molecule has 0 amide bonds. The van der Waals surface area contributed by atoms with Crippen molar-refractivity contribution in [3.05, 3.63) is 217 Å². The Bertz CT molecular complexity index is 3050. The van der Waals surface area contributed by atoms with E-state index in [1.165, 1.54) is 44.5 Å². The van der Waals surface area contributed by atoms with E-state index in [4.69, 9.17) is 9.97 Å². The van der Waals surface area contributed by atoms with Crippen molar-refractivity contribution >= 4 is 46.4 Å². The van der Waals surface area contributed by atoms with Gasteiger partial charge in [-0.2, -0.15) is 0 Å². The van der Waals surface area contributed by atoms with Crippen LogP contribution >= 0.6 is 0 Å². The summed E-state index contributed by atoms with van der Waals surface area (Å²) in [7, 11) is 0. The van der Waals surface area contributed by atoms with E-state index in [9.17, 15) is 0 Å². The lowest BCUT2D eigenvalue weighted by Crippen LogP contribution is -2.24. The van der Waals surface area contributed by atoms with Gasteiger partial charge in [0.15, 0.2) is 0 Å². The quantitative estimate of drug-likeness (QED) is 0.135. The Morgan fingerprint density at radius 1 is 0.419 bits per heavy atom. The molecule has 4 nitrogen and oxygen atoms in total. The predicted molar refractivity (Wildman–Crippen MR) is 261 cm³/mol. The summed E-state index contributed by atoms with van der Waals surface area (Å²) in [6.07, 6.45) is 19.9. The van der Waals surface area contributed by atoms with Crippen molar-refractivity contribution in [2.75, 3.05) is 0 Å². The molecule has 11 rings (SSSR count). The average Bonchev–Trinajstić information content (AvgIpc) is 4.17. The first-order chi connectivity index (χ1) is 30.5. The monoisotopic (exact) mass is 798 g/mol. The second-order valence-electron chi connectivity index (χ2n) is 16.9. The van der Waals surface area contributed by atoms with E-state index in [1.54, 1.807) is 0 Å². The second kappa shape index (κ2) is 14.6. The average molecular weight is 799 g/mol. The molecule has 298 valence electrons. The molecular weight excluding hydrogens is 753 g/mol. The van der Waals surface area contributed by atoms with Crippen LogP contribution in [0.3, 0.4) is 0 Å². The Morgan fingerprint density at radius 3 is 1.23 bits per heavy atom. The van der Waals surface area contributed by atoms with Crippen LogP contribution in [-0.2, 0) is 10.8 Å². The van der Waals surface area contributed by atoms with Crippen LogP contribution in [-0.4, -0.2) is 19.9 Å². The molecule has 2 N–H and O–H groups in total. The van der Waals surface area contributed by atoms with Gasteiger partial charge >= 0.3 is 0 Å². The van der Waals surface area contributed by atoms with E-state index in [0.717, 1.165) is 92.8 Å². The highest BCUT2D eigenvalue weighted by Gasteiger charge is 2.45. The molecule has 3 aromatic heterocycles. The van der Waals surface area contributed by atoms with Crippen LogP contribution in [0.2, 0.25) is 0 Å². The lowest BCUT2D eigenvalue weighted by molar-refractivity contribution is 0.544. The lowest BCUT2D eigenvalue weighted by atomic mass is 9.70. The smallest absolute Gasteiger partial charge is 0.0737 e. The van der Waals surface area contributed by atoms with E-state index in [2.05, 4.69) is 206 Å². The molecule has 4 aromatic carbocycles. The van der Waals surface area contributed by atoms with E-state index in [0.29, 0.717) is 0 Å². The van der Waals surface area contributed by atoms with Gasteiger partial charge in [0.1, 0.15) is 0 Å². The maximum atomic E-state index is 5.38. The number of rotatable bonds is 10. The highest BCUT2D eigenvalue weighted by molar-refractivity contribution is 5.99. The lowest BCUT2D eigenvalue weighted by Gasteiger charge is -2.32. The Hall–Kier alpha value is -7.56. The molecule has 7 aromatic rings. The van der Waals surface area contributed by atoms with E-state index >= 15 is 0 Å². The molecule has 5 heterocycles. The standard InChI is InChI=1S/C58H46N4/c1-5-31-57(32-6-2)47-21-11-9-15-41(47)43-17-13-19-45(55(43)57)53-49-27-23-37(59-49)35-39-25-29-51(61-39)54(52-30-26-40(62-52)36-38-24-28-50(53)60-38)46-20-14-18-44-42-16-10-12-22-48(42)58(33-7-3,34-8-4)56(44)46/h5-30,35-36,59,62H,1-4,31-34H2. The molecule has 2 aliphatic carbocycles. The number of fused-ring (bicyclic) bond motifs is 14. The summed E-state index contributed by atoms with van der Waals surface area (Å²) < 4.78 is 0. The number of aromatic nitrogens is 4. The fourth-order valence-corrected chi connectivity index (χ4v) is 11.2. The van der Waals surface area contributed by atoms with Crippen LogP contribution in [0.25, 0.3) is 90.9 Å². The van der Waals surface area contributed by atoms with Crippen LogP contribution in [0.4, 0.5) is 0 Å². The zero-order valence-electron chi connectivity index (χ0n) is 34.7. The first kappa shape index (κ1) is 37.4. The number of nitrogens with one attached hydrogen (secondary N) is 2. The van der Waals surface area contributed by atoms with Crippen molar-refractivity contribution < 1.29 is 0 Å². The largest absolute Gasteiger partial charge is 0.355 e. The van der Waals surface area contributed by atoms with Crippen LogP contribution in [0.5, 0.6) is 0 Å². The molecule has 62 heavy (non-hydrogen) atoms. The summed E-state index contributed by atoms with van der Waals surface area (Å²) in [5.41, 5.74) is 21.5. The molecular formula is C58H46N4. The van der Waals surface area contributed by atoms with Gasteiger partial charge in [0.2, 0.25) is 0 Å². The molecule has 4 heteroatoms. The Labute approximate surface area is 362 Å². The van der Waals surface area contributed by atoms with Gasteiger partial charge in [-0.25, -0.2) is 9.97 Å². The third-order valence-corrected chi connectivity index (χ3v) is 13.5. The summed E-state index contributed by atoms with van der Waals surface area (Å²) in [4.78, 5) is 18.4. The molecule has 0 unspecified atom stereocenters. The molecule has 0 radical (unpaired) electrons. The topological polar surface area (TPSA) is 57.4 Å². The van der Waals surface area contributed by atoms with Crippen molar-refractivity contribution in [3.63, 3.8) is 0 Å². The third-order valence-electron chi connectivity index (χ3n) is 13.5. The van der Waals surface area contributed by atoms with Crippen LogP contribution in [0, 0.1) is 0 Å². The number of benzene rings is 4. The predicted octanol–water partition coefficient (Wildman–Crippen LogP) is 14.8. The van der Waals surface area contributed by atoms with Gasteiger partial charge in [-0.1, -0.05) is 109 Å². The Balaban J connectivity index is 1.18. The Kier molecular flexibility index (Phi) is 8.80. The van der Waals surface area contributed by atoms with Crippen molar-refractivity contribution in [3.8, 4) is 44.5 Å². The van der Waals surface area contributed by atoms with Gasteiger partial charge in [-0.3, -0.25) is 0 Å². The van der Waals surface area contributed by atoms with Crippen molar-refractivity contribution in [2.24, 2.45) is 0 Å². The zero-order chi connectivity index (χ0) is 42.0. The molecule has 0 atom stereocenters. The normalized spacial score (nSPS) is 14.5. The number of hydrogen-bond acceptors (Lipinski definition) is 2. The highest BCUT2D eigenvalue weighted by atomic mass is 14.8. The minimum atomic E-state index is -0.319. The summed E-state index contributed by atoms with van der Waals surface area (Å²) in [5, 5.41) is 0. The Morgan fingerprint density at radius 2 is 0.806 bits per heavy atom. The van der Waals surface area contributed by atoms with Crippen LogP contribution < -0.4 is 0 Å². The summed E-state index contributed by atoms with van der Waals surface area (Å²) in [6, 6.07) is 44.0. The van der Waals surface area contributed by atoms with E-state index in [-0.39, 0.29) is 10.8 Å². The van der Waals surface area contributed by atoms with Gasteiger partial charge in [0, 0.05) is 44.0 Å². The summed E-state index contributed by atoms with van der Waals surface area (Å²) in [6.45, 7) is 17.0. The van der Waals surface area contributed by atoms with E-state index < -0.39 is 0 Å². The SMILES string of the molecule is C=CCC1(CC=C)c2ccccc2-c2cccc(-c3c4nc(cc5ccc([nH]5)c(-c5cccc6c5C(CC=C)(CC=C)c5ccccc5-6)c5nc(cc6ccc3[nH]6)C=C5)C=C4)c21. The third kappa shape index (κ3) is 5.53. The minimum absolute atomic E-state index is 0.319. The number of aromatic amines is 2. The number of allylic oxidation sites excluding steroid dienone is 4. The zero-order valence-corrected chi connectivity index (χ0v) is 34.7. The maximum absolute atomic E-state index is 5.38. The summed E-state index contributed by atoms with van der Waals surface area (Å²) >= 11 is 0. The van der Waals surface area contributed by atoms with Gasteiger partial charge < -0.3 is 9.97 Å². The molecule has 0 fully saturated rings. The van der Waals surface area contributed by atoms with Crippen molar-refractivity contribution in [1.29, 1.82) is 0 Å². The van der Waals surface area contributed by atoms with Crippen molar-refractivity contribution in [1.82, 2.24) is 19.9 Å². The molecule has 8 bridgehead atoms. The first-order valence-corrected chi connectivity index (χ1v) is 21.5. The second-order valence-corrected chi connectivity index (χ2v) is 16.9. The maximum Gasteiger partial charge on any atom is 0.0737 e. The van der Waals surface area contributed by atoms with Gasteiger partial charge in [-0.05, 0) is 142 Å². The molecule has 2 aliphatic heterocycles.